The average Bonchev–Trinajstić information content (AvgIpc) is 2.13. The molecule has 0 spiro atoms. The Morgan fingerprint density at radius 3 is 2.71 bits per heavy atom. The molecule has 0 unspecified atom stereocenters. The maximum absolute atomic E-state index is 10.9. The van der Waals surface area contributed by atoms with Crippen molar-refractivity contribution in [3.8, 4) is 11.8 Å². The first kappa shape index (κ1) is 12.5. The first-order valence-corrected chi connectivity index (χ1v) is 4.57. The second kappa shape index (κ2) is 8.11. The van der Waals surface area contributed by atoms with Crippen molar-refractivity contribution in [2.75, 3.05) is 13.2 Å². The van der Waals surface area contributed by atoms with Gasteiger partial charge >= 0.3 is 5.97 Å². The van der Waals surface area contributed by atoms with Crippen molar-refractivity contribution in [2.45, 2.75) is 26.7 Å². The summed E-state index contributed by atoms with van der Waals surface area (Å²) >= 11 is 0. The average molecular weight is 197 g/mol. The third-order valence-corrected chi connectivity index (χ3v) is 1.39. The molecule has 0 atom stereocenters. The molecule has 4 nitrogen and oxygen atoms in total. The first-order valence-electron chi connectivity index (χ1n) is 4.57. The van der Waals surface area contributed by atoms with Crippen LogP contribution in [0.25, 0.3) is 0 Å². The number of rotatable bonds is 5. The van der Waals surface area contributed by atoms with Crippen LogP contribution in [0.3, 0.4) is 0 Å². The molecular formula is C10H15NO3. The Labute approximate surface area is 84.0 Å². The maximum Gasteiger partial charge on any atom is 0.305 e. The predicted molar refractivity (Wildman–Crippen MR) is 52.3 cm³/mol. The number of amides is 1. The lowest BCUT2D eigenvalue weighted by Gasteiger charge is -2.01. The molecular weight excluding hydrogens is 182 g/mol. The molecule has 0 aromatic heterocycles. The highest BCUT2D eigenvalue weighted by atomic mass is 16.5. The fourth-order valence-corrected chi connectivity index (χ4v) is 0.826. The fourth-order valence-electron chi connectivity index (χ4n) is 0.826. The molecule has 0 saturated heterocycles. The van der Waals surface area contributed by atoms with Gasteiger partial charge in [-0.2, -0.15) is 0 Å². The van der Waals surface area contributed by atoms with Gasteiger partial charge in [-0.3, -0.25) is 9.59 Å². The Morgan fingerprint density at radius 1 is 1.43 bits per heavy atom. The van der Waals surface area contributed by atoms with Crippen LogP contribution in [0, 0.1) is 11.8 Å². The van der Waals surface area contributed by atoms with Gasteiger partial charge in [-0.15, -0.1) is 0 Å². The second-order valence-electron chi connectivity index (χ2n) is 2.54. The standard InChI is InChI=1S/C10H15NO3/c1-3-6-9(12)11-8-5-7-10(13)14-4-2/h4-5,7-8H2,1-2H3,(H,11,12). The molecule has 14 heavy (non-hydrogen) atoms. The molecule has 0 saturated carbocycles. The van der Waals surface area contributed by atoms with Crippen LogP contribution >= 0.6 is 0 Å². The van der Waals surface area contributed by atoms with Crippen molar-refractivity contribution in [3.63, 3.8) is 0 Å². The summed E-state index contributed by atoms with van der Waals surface area (Å²) < 4.78 is 4.72. The summed E-state index contributed by atoms with van der Waals surface area (Å²) in [4.78, 5) is 21.7. The van der Waals surface area contributed by atoms with Crippen LogP contribution in [-0.4, -0.2) is 25.0 Å². The van der Waals surface area contributed by atoms with E-state index in [-0.39, 0.29) is 11.9 Å². The van der Waals surface area contributed by atoms with E-state index in [2.05, 4.69) is 17.2 Å². The molecule has 1 amide bonds. The van der Waals surface area contributed by atoms with Gasteiger partial charge in [-0.05, 0) is 26.2 Å². The highest BCUT2D eigenvalue weighted by Gasteiger charge is 2.01. The van der Waals surface area contributed by atoms with Gasteiger partial charge in [0, 0.05) is 13.0 Å². The summed E-state index contributed by atoms with van der Waals surface area (Å²) in [6.45, 7) is 4.20. The molecule has 0 radical (unpaired) electrons. The Balaban J connectivity index is 3.40. The number of hydrogen-bond acceptors (Lipinski definition) is 3. The summed E-state index contributed by atoms with van der Waals surface area (Å²) in [5, 5.41) is 2.56. The largest absolute Gasteiger partial charge is 0.466 e. The molecule has 0 fully saturated rings. The number of ether oxygens (including phenoxy) is 1. The molecule has 0 heterocycles. The first-order chi connectivity index (χ1) is 6.70. The van der Waals surface area contributed by atoms with Crippen molar-refractivity contribution in [1.29, 1.82) is 0 Å². The Kier molecular flexibility index (Phi) is 7.24. The summed E-state index contributed by atoms with van der Waals surface area (Å²) in [6, 6.07) is 0. The normalized spacial score (nSPS) is 8.43. The molecule has 0 aromatic carbocycles. The number of nitrogens with one attached hydrogen (secondary N) is 1. The smallest absolute Gasteiger partial charge is 0.305 e. The second-order valence-corrected chi connectivity index (χ2v) is 2.54. The zero-order valence-electron chi connectivity index (χ0n) is 8.55. The van der Waals surface area contributed by atoms with E-state index in [1.807, 2.05) is 0 Å². The number of carbonyl (C=O) groups excluding carboxylic acids is 2. The molecule has 4 heteroatoms. The zero-order valence-corrected chi connectivity index (χ0v) is 8.55. The Morgan fingerprint density at radius 2 is 2.14 bits per heavy atom. The lowest BCUT2D eigenvalue weighted by Crippen LogP contribution is -2.23. The van der Waals surface area contributed by atoms with E-state index in [1.54, 1.807) is 13.8 Å². The maximum atomic E-state index is 10.9. The van der Waals surface area contributed by atoms with Crippen LogP contribution in [0.1, 0.15) is 26.7 Å². The number of esters is 1. The van der Waals surface area contributed by atoms with Crippen molar-refractivity contribution in [3.05, 3.63) is 0 Å². The van der Waals surface area contributed by atoms with Gasteiger partial charge in [0.05, 0.1) is 6.61 Å². The van der Waals surface area contributed by atoms with Crippen LogP contribution in [0.5, 0.6) is 0 Å². The minimum absolute atomic E-state index is 0.233. The quantitative estimate of drug-likeness (QED) is 0.396. The monoisotopic (exact) mass is 197 g/mol. The van der Waals surface area contributed by atoms with E-state index in [1.165, 1.54) is 0 Å². The van der Waals surface area contributed by atoms with E-state index in [4.69, 9.17) is 4.74 Å². The highest BCUT2D eigenvalue weighted by Crippen LogP contribution is 1.90. The minimum Gasteiger partial charge on any atom is -0.466 e. The molecule has 78 valence electrons. The van der Waals surface area contributed by atoms with Gasteiger partial charge in [0.1, 0.15) is 0 Å². The van der Waals surface area contributed by atoms with Gasteiger partial charge in [0.25, 0.3) is 5.91 Å². The van der Waals surface area contributed by atoms with Crippen molar-refractivity contribution >= 4 is 11.9 Å². The summed E-state index contributed by atoms with van der Waals surface area (Å²) in [7, 11) is 0. The summed E-state index contributed by atoms with van der Waals surface area (Å²) in [6.07, 6.45) is 0.906. The van der Waals surface area contributed by atoms with Gasteiger partial charge in [0.15, 0.2) is 0 Å². The zero-order chi connectivity index (χ0) is 10.8. The predicted octanol–water partition coefficient (Wildman–Crippen LogP) is 0.469. The lowest BCUT2D eigenvalue weighted by molar-refractivity contribution is -0.143. The van der Waals surface area contributed by atoms with Gasteiger partial charge in [0.2, 0.25) is 0 Å². The molecule has 1 N–H and O–H groups in total. The number of carbonyl (C=O) groups is 2. The van der Waals surface area contributed by atoms with Crippen LogP contribution in [-0.2, 0) is 14.3 Å². The third-order valence-electron chi connectivity index (χ3n) is 1.39. The molecule has 0 aliphatic carbocycles. The third kappa shape index (κ3) is 7.17. The van der Waals surface area contributed by atoms with Gasteiger partial charge in [-0.1, -0.05) is 5.92 Å². The lowest BCUT2D eigenvalue weighted by atomic mass is 10.3. The topological polar surface area (TPSA) is 55.4 Å². The molecule has 0 aliphatic heterocycles. The molecule has 0 bridgehead atoms. The van der Waals surface area contributed by atoms with E-state index in [0.717, 1.165) is 0 Å². The van der Waals surface area contributed by atoms with Crippen molar-refractivity contribution in [1.82, 2.24) is 5.32 Å². The van der Waals surface area contributed by atoms with E-state index in [9.17, 15) is 9.59 Å². The van der Waals surface area contributed by atoms with Gasteiger partial charge in [-0.25, -0.2) is 0 Å². The fraction of sp³-hybridized carbons (Fsp3) is 0.600. The number of hydrogen-bond donors (Lipinski definition) is 1. The van der Waals surface area contributed by atoms with Crippen LogP contribution in [0.4, 0.5) is 0 Å². The highest BCUT2D eigenvalue weighted by molar-refractivity contribution is 5.93. The Hall–Kier alpha value is -1.50. The summed E-state index contributed by atoms with van der Waals surface area (Å²) in [5.74, 6) is 4.28. The molecule has 0 aromatic rings. The van der Waals surface area contributed by atoms with Crippen LogP contribution in [0.2, 0.25) is 0 Å². The van der Waals surface area contributed by atoms with Crippen LogP contribution in [0.15, 0.2) is 0 Å². The van der Waals surface area contributed by atoms with Crippen molar-refractivity contribution < 1.29 is 14.3 Å². The minimum atomic E-state index is -0.309. The van der Waals surface area contributed by atoms with Crippen LogP contribution < -0.4 is 5.32 Å². The van der Waals surface area contributed by atoms with E-state index in [0.29, 0.717) is 26.0 Å². The van der Waals surface area contributed by atoms with E-state index >= 15 is 0 Å². The van der Waals surface area contributed by atoms with Crippen molar-refractivity contribution in [2.24, 2.45) is 0 Å². The Bertz CT molecular complexity index is 250. The molecule has 0 aliphatic rings. The SMILES string of the molecule is CC#CC(=O)NCCCC(=O)OCC. The van der Waals surface area contributed by atoms with Gasteiger partial charge < -0.3 is 10.1 Å². The summed E-state index contributed by atoms with van der Waals surface area (Å²) in [5.41, 5.74) is 0. The van der Waals surface area contributed by atoms with E-state index < -0.39 is 0 Å². The molecule has 0 rings (SSSR count).